The van der Waals surface area contributed by atoms with E-state index in [9.17, 15) is 0 Å². The van der Waals surface area contributed by atoms with Crippen molar-refractivity contribution in [3.63, 3.8) is 0 Å². The predicted molar refractivity (Wildman–Crippen MR) is 62.2 cm³/mol. The molecule has 16 heavy (non-hydrogen) atoms. The zero-order valence-electron chi connectivity index (χ0n) is 10.2. The van der Waals surface area contributed by atoms with Crippen molar-refractivity contribution in [3.05, 3.63) is 11.9 Å². The van der Waals surface area contributed by atoms with Crippen molar-refractivity contribution in [3.8, 4) is 0 Å². The fraction of sp³-hybridized carbons (Fsp3) is 0.833. The maximum absolute atomic E-state index is 4.23. The molecule has 1 spiro atoms. The fourth-order valence-corrected chi connectivity index (χ4v) is 3.16. The maximum atomic E-state index is 4.23. The molecule has 2 heterocycles. The summed E-state index contributed by atoms with van der Waals surface area (Å²) in [5.74, 6) is 0. The van der Waals surface area contributed by atoms with Gasteiger partial charge in [-0.3, -0.25) is 0 Å². The van der Waals surface area contributed by atoms with Crippen LogP contribution >= 0.6 is 0 Å². The van der Waals surface area contributed by atoms with E-state index in [4.69, 9.17) is 0 Å². The Morgan fingerprint density at radius 2 is 2.12 bits per heavy atom. The summed E-state index contributed by atoms with van der Waals surface area (Å²) in [7, 11) is 0. The van der Waals surface area contributed by atoms with Gasteiger partial charge in [0.1, 0.15) is 0 Å². The van der Waals surface area contributed by atoms with Gasteiger partial charge in [0, 0.05) is 19.3 Å². The third-order valence-electron chi connectivity index (χ3n) is 4.20. The molecule has 1 aromatic heterocycles. The molecular formula is C12H20N4. The van der Waals surface area contributed by atoms with Crippen LogP contribution in [0.3, 0.4) is 0 Å². The molecule has 3 rings (SSSR count). The van der Waals surface area contributed by atoms with Crippen LogP contribution in [-0.4, -0.2) is 39.5 Å². The standard InChI is InChI=1S/C12H20N4/c1-3-10-7-16(14-13-10)11-5-12(6-11)8-15(4-2)9-12/h7,11H,3-6,8-9H2,1-2H3. The van der Waals surface area contributed by atoms with Crippen LogP contribution in [0.25, 0.3) is 0 Å². The average molecular weight is 220 g/mol. The van der Waals surface area contributed by atoms with Crippen LogP contribution in [0.5, 0.6) is 0 Å². The molecular weight excluding hydrogens is 200 g/mol. The molecule has 0 unspecified atom stereocenters. The summed E-state index contributed by atoms with van der Waals surface area (Å²) in [4.78, 5) is 2.52. The van der Waals surface area contributed by atoms with Gasteiger partial charge >= 0.3 is 0 Å². The van der Waals surface area contributed by atoms with Crippen LogP contribution in [0.15, 0.2) is 6.20 Å². The first kappa shape index (κ1) is 10.3. The second-order valence-electron chi connectivity index (χ2n) is 5.41. The fourth-order valence-electron chi connectivity index (χ4n) is 3.16. The first-order valence-electron chi connectivity index (χ1n) is 6.38. The highest BCUT2D eigenvalue weighted by atomic mass is 15.4. The second kappa shape index (κ2) is 3.55. The Hall–Kier alpha value is -0.900. The summed E-state index contributed by atoms with van der Waals surface area (Å²) < 4.78 is 2.08. The van der Waals surface area contributed by atoms with E-state index in [0.29, 0.717) is 11.5 Å². The molecule has 1 saturated carbocycles. The molecule has 1 saturated heterocycles. The number of hydrogen-bond acceptors (Lipinski definition) is 3. The van der Waals surface area contributed by atoms with Crippen molar-refractivity contribution in [1.82, 2.24) is 19.9 Å². The number of aromatic nitrogens is 3. The van der Waals surface area contributed by atoms with Gasteiger partial charge in [0.05, 0.1) is 11.7 Å². The van der Waals surface area contributed by atoms with Gasteiger partial charge in [-0.05, 0) is 31.2 Å². The van der Waals surface area contributed by atoms with Crippen molar-refractivity contribution in [2.45, 2.75) is 39.2 Å². The molecule has 1 aromatic rings. The van der Waals surface area contributed by atoms with Crippen molar-refractivity contribution in [2.75, 3.05) is 19.6 Å². The van der Waals surface area contributed by atoms with E-state index >= 15 is 0 Å². The minimum atomic E-state index is 0.617. The third-order valence-corrected chi connectivity index (χ3v) is 4.20. The topological polar surface area (TPSA) is 34.0 Å². The van der Waals surface area contributed by atoms with E-state index in [0.717, 1.165) is 12.1 Å². The van der Waals surface area contributed by atoms with Gasteiger partial charge < -0.3 is 4.90 Å². The van der Waals surface area contributed by atoms with Gasteiger partial charge in [-0.25, -0.2) is 4.68 Å². The number of hydrogen-bond donors (Lipinski definition) is 0. The van der Waals surface area contributed by atoms with E-state index in [1.807, 2.05) is 0 Å². The van der Waals surface area contributed by atoms with Gasteiger partial charge in [-0.2, -0.15) is 0 Å². The Morgan fingerprint density at radius 3 is 2.69 bits per heavy atom. The SMILES string of the molecule is CCc1cn(C2CC3(C2)CN(CC)C3)nn1. The summed E-state index contributed by atoms with van der Waals surface area (Å²) >= 11 is 0. The smallest absolute Gasteiger partial charge is 0.0824 e. The highest BCUT2D eigenvalue weighted by Gasteiger charge is 2.52. The summed E-state index contributed by atoms with van der Waals surface area (Å²) in [5.41, 5.74) is 1.75. The number of aryl methyl sites for hydroxylation is 1. The highest BCUT2D eigenvalue weighted by molar-refractivity contribution is 5.06. The van der Waals surface area contributed by atoms with E-state index in [1.54, 1.807) is 0 Å². The Kier molecular flexibility index (Phi) is 2.28. The Balaban J connectivity index is 1.57. The summed E-state index contributed by atoms with van der Waals surface area (Å²) in [6.07, 6.45) is 5.71. The molecule has 0 bridgehead atoms. The first-order valence-corrected chi connectivity index (χ1v) is 6.38. The van der Waals surface area contributed by atoms with Gasteiger partial charge in [0.2, 0.25) is 0 Å². The third kappa shape index (κ3) is 1.47. The van der Waals surface area contributed by atoms with Gasteiger partial charge in [-0.15, -0.1) is 5.10 Å². The maximum Gasteiger partial charge on any atom is 0.0824 e. The zero-order valence-corrected chi connectivity index (χ0v) is 10.2. The van der Waals surface area contributed by atoms with Crippen molar-refractivity contribution >= 4 is 0 Å². The Morgan fingerprint density at radius 1 is 1.38 bits per heavy atom. The Labute approximate surface area is 96.6 Å². The van der Waals surface area contributed by atoms with Gasteiger partial charge in [0.25, 0.3) is 0 Å². The minimum absolute atomic E-state index is 0.617. The van der Waals surface area contributed by atoms with Gasteiger partial charge in [0.15, 0.2) is 0 Å². The predicted octanol–water partition coefficient (Wildman–Crippen LogP) is 1.50. The normalized spacial score (nSPS) is 24.4. The molecule has 0 atom stereocenters. The van der Waals surface area contributed by atoms with Crippen molar-refractivity contribution in [2.24, 2.45) is 5.41 Å². The highest BCUT2D eigenvalue weighted by Crippen LogP contribution is 2.53. The largest absolute Gasteiger partial charge is 0.302 e. The van der Waals surface area contributed by atoms with Crippen LogP contribution in [0.4, 0.5) is 0 Å². The monoisotopic (exact) mass is 220 g/mol. The summed E-state index contributed by atoms with van der Waals surface area (Å²) in [6, 6.07) is 0.617. The number of likely N-dealkylation sites (tertiary alicyclic amines) is 1. The quantitative estimate of drug-likeness (QED) is 0.774. The Bertz CT molecular complexity index is 370. The molecule has 0 aromatic carbocycles. The number of rotatable bonds is 3. The summed E-state index contributed by atoms with van der Waals surface area (Å²) in [6.45, 7) is 8.18. The molecule has 88 valence electrons. The van der Waals surface area contributed by atoms with Gasteiger partial charge in [-0.1, -0.05) is 19.1 Å². The minimum Gasteiger partial charge on any atom is -0.302 e. The van der Waals surface area contributed by atoms with Crippen LogP contribution in [0.2, 0.25) is 0 Å². The average Bonchev–Trinajstić information content (AvgIpc) is 2.62. The zero-order chi connectivity index (χ0) is 11.2. The molecule has 0 radical (unpaired) electrons. The molecule has 1 aliphatic heterocycles. The lowest BCUT2D eigenvalue weighted by Gasteiger charge is -2.58. The lowest BCUT2D eigenvalue weighted by Crippen LogP contribution is -2.62. The van der Waals surface area contributed by atoms with Crippen molar-refractivity contribution in [1.29, 1.82) is 0 Å². The van der Waals surface area contributed by atoms with E-state index in [-0.39, 0.29) is 0 Å². The molecule has 2 fully saturated rings. The summed E-state index contributed by atoms with van der Waals surface area (Å²) in [5, 5.41) is 8.39. The molecule has 0 N–H and O–H groups in total. The van der Waals surface area contributed by atoms with E-state index in [2.05, 4.69) is 39.9 Å². The van der Waals surface area contributed by atoms with E-state index < -0.39 is 0 Å². The molecule has 0 amide bonds. The second-order valence-corrected chi connectivity index (χ2v) is 5.41. The molecule has 4 heteroatoms. The van der Waals surface area contributed by atoms with Crippen LogP contribution < -0.4 is 0 Å². The van der Waals surface area contributed by atoms with Crippen LogP contribution in [0, 0.1) is 5.41 Å². The first-order chi connectivity index (χ1) is 7.74. The number of nitrogens with zero attached hydrogens (tertiary/aromatic N) is 4. The lowest BCUT2D eigenvalue weighted by molar-refractivity contribution is -0.0891. The molecule has 4 nitrogen and oxygen atoms in total. The van der Waals surface area contributed by atoms with Crippen LogP contribution in [0.1, 0.15) is 38.4 Å². The van der Waals surface area contributed by atoms with Crippen molar-refractivity contribution < 1.29 is 0 Å². The molecule has 2 aliphatic rings. The molecule has 1 aliphatic carbocycles. The lowest BCUT2D eigenvalue weighted by atomic mass is 9.60. The van der Waals surface area contributed by atoms with Crippen LogP contribution in [-0.2, 0) is 6.42 Å². The van der Waals surface area contributed by atoms with E-state index in [1.165, 1.54) is 32.5 Å².